The van der Waals surface area contributed by atoms with Gasteiger partial charge in [0.2, 0.25) is 10.0 Å². The maximum atomic E-state index is 12.3. The first-order chi connectivity index (χ1) is 10.3. The molecule has 0 bridgehead atoms. The highest BCUT2D eigenvalue weighted by Crippen LogP contribution is 2.44. The Bertz CT molecular complexity index is 896. The Morgan fingerprint density at radius 2 is 1.86 bits per heavy atom. The fourth-order valence-corrected chi connectivity index (χ4v) is 4.05. The number of aliphatic imine (C=N–C) groups is 1. The van der Waals surface area contributed by atoms with Crippen LogP contribution in [0.1, 0.15) is 33.3 Å². The Kier molecular flexibility index (Phi) is 3.38. The summed E-state index contributed by atoms with van der Waals surface area (Å²) in [6.07, 6.45) is 0. The number of fused-ring (bicyclic) bond motifs is 3. The van der Waals surface area contributed by atoms with Crippen molar-refractivity contribution in [1.82, 2.24) is 4.72 Å². The molecule has 1 heterocycles. The molecule has 0 amide bonds. The number of nitrogens with zero attached hydrogens (tertiary/aromatic N) is 1. The molecule has 116 valence electrons. The van der Waals surface area contributed by atoms with E-state index in [4.69, 9.17) is 0 Å². The minimum atomic E-state index is -3.46. The lowest BCUT2D eigenvalue weighted by molar-refractivity contribution is 0.584. The predicted octanol–water partition coefficient (Wildman–Crippen LogP) is 3.52. The van der Waals surface area contributed by atoms with Crippen molar-refractivity contribution in [3.63, 3.8) is 0 Å². The molecule has 0 atom stereocenters. The van der Waals surface area contributed by atoms with Crippen molar-refractivity contribution in [3.05, 3.63) is 35.9 Å². The molecule has 2 aromatic rings. The summed E-state index contributed by atoms with van der Waals surface area (Å²) in [6.45, 7) is 8.42. The average Bonchev–Trinajstić information content (AvgIpc) is 2.68. The van der Waals surface area contributed by atoms with E-state index in [0.717, 1.165) is 27.7 Å². The molecule has 1 N–H and O–H groups in total. The first-order valence-electron chi connectivity index (χ1n) is 7.40. The molecule has 4 nitrogen and oxygen atoms in total. The van der Waals surface area contributed by atoms with E-state index in [1.807, 2.05) is 25.1 Å². The maximum Gasteiger partial charge on any atom is 0.240 e. The van der Waals surface area contributed by atoms with Crippen molar-refractivity contribution < 1.29 is 8.42 Å². The SMILES string of the molecule is CCNS(=O)(=O)c1ccc2ccc3c(c2c1)C(C)(C)C(C)=N3. The van der Waals surface area contributed by atoms with Crippen LogP contribution in [0.2, 0.25) is 0 Å². The van der Waals surface area contributed by atoms with E-state index in [1.54, 1.807) is 19.1 Å². The zero-order valence-electron chi connectivity index (χ0n) is 13.3. The summed E-state index contributed by atoms with van der Waals surface area (Å²) in [6, 6.07) is 9.29. The predicted molar refractivity (Wildman–Crippen MR) is 90.6 cm³/mol. The third-order valence-electron chi connectivity index (χ3n) is 4.43. The molecule has 3 rings (SSSR count). The van der Waals surface area contributed by atoms with Gasteiger partial charge in [0.25, 0.3) is 0 Å². The number of rotatable bonds is 3. The number of benzene rings is 2. The molecule has 0 spiro atoms. The Hall–Kier alpha value is -1.72. The van der Waals surface area contributed by atoms with E-state index >= 15 is 0 Å². The first-order valence-corrected chi connectivity index (χ1v) is 8.88. The first kappa shape index (κ1) is 15.2. The smallest absolute Gasteiger partial charge is 0.240 e. The molecule has 1 aliphatic rings. The van der Waals surface area contributed by atoms with E-state index in [-0.39, 0.29) is 5.41 Å². The van der Waals surface area contributed by atoms with E-state index in [1.165, 1.54) is 0 Å². The van der Waals surface area contributed by atoms with E-state index in [9.17, 15) is 8.42 Å². The fourth-order valence-electron chi connectivity index (χ4n) is 2.98. The van der Waals surface area contributed by atoms with Gasteiger partial charge in [-0.05, 0) is 41.5 Å². The van der Waals surface area contributed by atoms with Gasteiger partial charge in [-0.2, -0.15) is 0 Å². The highest BCUT2D eigenvalue weighted by atomic mass is 32.2. The molecule has 0 aliphatic carbocycles. The van der Waals surface area contributed by atoms with Crippen molar-refractivity contribution >= 4 is 32.2 Å². The van der Waals surface area contributed by atoms with Crippen LogP contribution in [-0.2, 0) is 15.4 Å². The molecule has 0 aromatic heterocycles. The number of nitrogens with one attached hydrogen (secondary N) is 1. The zero-order valence-corrected chi connectivity index (χ0v) is 14.1. The van der Waals surface area contributed by atoms with Crippen molar-refractivity contribution in [3.8, 4) is 0 Å². The van der Waals surface area contributed by atoms with E-state index in [2.05, 4.69) is 23.6 Å². The van der Waals surface area contributed by atoms with Crippen LogP contribution in [0.5, 0.6) is 0 Å². The Morgan fingerprint density at radius 1 is 1.18 bits per heavy atom. The maximum absolute atomic E-state index is 12.3. The molecule has 5 heteroatoms. The minimum Gasteiger partial charge on any atom is -0.257 e. The summed E-state index contributed by atoms with van der Waals surface area (Å²) in [4.78, 5) is 4.94. The van der Waals surface area contributed by atoms with Crippen LogP contribution in [0.15, 0.2) is 40.2 Å². The topological polar surface area (TPSA) is 58.5 Å². The number of hydrogen-bond donors (Lipinski definition) is 1. The second-order valence-corrected chi connectivity index (χ2v) is 7.93. The van der Waals surface area contributed by atoms with E-state index < -0.39 is 10.0 Å². The Balaban J connectivity index is 2.29. The standard InChI is InChI=1S/C17H20N2O2S/c1-5-18-22(20,21)13-8-6-12-7-9-15-16(14(12)10-13)17(3,4)11(2)19-15/h6-10,18H,5H2,1-4H3. The van der Waals surface area contributed by atoms with Gasteiger partial charge < -0.3 is 0 Å². The van der Waals surface area contributed by atoms with Gasteiger partial charge in [-0.15, -0.1) is 0 Å². The molecule has 22 heavy (non-hydrogen) atoms. The van der Waals surface area contributed by atoms with Crippen molar-refractivity contribution in [1.29, 1.82) is 0 Å². The fraction of sp³-hybridized carbons (Fsp3) is 0.353. The minimum absolute atomic E-state index is 0.185. The van der Waals surface area contributed by atoms with Crippen LogP contribution in [0.25, 0.3) is 10.8 Å². The lowest BCUT2D eigenvalue weighted by Gasteiger charge is -2.22. The van der Waals surface area contributed by atoms with Crippen molar-refractivity contribution in [2.24, 2.45) is 4.99 Å². The summed E-state index contributed by atoms with van der Waals surface area (Å²) in [7, 11) is -3.46. The van der Waals surface area contributed by atoms with Gasteiger partial charge >= 0.3 is 0 Å². The average molecular weight is 316 g/mol. The molecule has 0 saturated carbocycles. The van der Waals surface area contributed by atoms with E-state index in [0.29, 0.717) is 11.4 Å². The molecule has 0 saturated heterocycles. The molecule has 0 radical (unpaired) electrons. The quantitative estimate of drug-likeness (QED) is 0.942. The van der Waals surface area contributed by atoms with Gasteiger partial charge in [-0.1, -0.05) is 32.9 Å². The van der Waals surface area contributed by atoms with Gasteiger partial charge in [-0.3, -0.25) is 4.99 Å². The van der Waals surface area contributed by atoms with Gasteiger partial charge in [0.15, 0.2) is 0 Å². The van der Waals surface area contributed by atoms with Crippen LogP contribution in [0.4, 0.5) is 5.69 Å². The second-order valence-electron chi connectivity index (χ2n) is 6.17. The summed E-state index contributed by atoms with van der Waals surface area (Å²) < 4.78 is 27.1. The van der Waals surface area contributed by atoms with Crippen LogP contribution in [0.3, 0.4) is 0 Å². The number of sulfonamides is 1. The zero-order chi connectivity index (χ0) is 16.1. The van der Waals surface area contributed by atoms with Crippen LogP contribution < -0.4 is 4.72 Å². The Labute approximate surface area is 131 Å². The summed E-state index contributed by atoms with van der Waals surface area (Å²) >= 11 is 0. The Morgan fingerprint density at radius 3 is 2.55 bits per heavy atom. The number of hydrogen-bond acceptors (Lipinski definition) is 3. The van der Waals surface area contributed by atoms with Crippen molar-refractivity contribution in [2.45, 2.75) is 38.0 Å². The van der Waals surface area contributed by atoms with Gasteiger partial charge in [0.05, 0.1) is 10.6 Å². The molecular formula is C17H20N2O2S. The molecule has 1 aliphatic heterocycles. The van der Waals surface area contributed by atoms with Gasteiger partial charge in [0, 0.05) is 17.7 Å². The van der Waals surface area contributed by atoms with Gasteiger partial charge in [0.1, 0.15) is 0 Å². The van der Waals surface area contributed by atoms with Crippen molar-refractivity contribution in [2.75, 3.05) is 6.54 Å². The molecular weight excluding hydrogens is 296 g/mol. The highest BCUT2D eigenvalue weighted by molar-refractivity contribution is 7.89. The summed E-state index contributed by atoms with van der Waals surface area (Å²) in [5, 5.41) is 1.99. The third kappa shape index (κ3) is 2.16. The summed E-state index contributed by atoms with van der Waals surface area (Å²) in [5.41, 5.74) is 2.91. The van der Waals surface area contributed by atoms with Crippen LogP contribution in [0, 0.1) is 0 Å². The third-order valence-corrected chi connectivity index (χ3v) is 5.98. The van der Waals surface area contributed by atoms with Crippen LogP contribution >= 0.6 is 0 Å². The molecule has 0 fully saturated rings. The molecule has 0 unspecified atom stereocenters. The second kappa shape index (κ2) is 4.89. The largest absolute Gasteiger partial charge is 0.257 e. The lowest BCUT2D eigenvalue weighted by Crippen LogP contribution is -2.24. The molecule has 2 aromatic carbocycles. The van der Waals surface area contributed by atoms with Gasteiger partial charge in [-0.25, -0.2) is 13.1 Å². The lowest BCUT2D eigenvalue weighted by atomic mass is 9.80. The van der Waals surface area contributed by atoms with Crippen LogP contribution in [-0.4, -0.2) is 20.7 Å². The highest BCUT2D eigenvalue weighted by Gasteiger charge is 2.34. The monoisotopic (exact) mass is 316 g/mol. The summed E-state index contributed by atoms with van der Waals surface area (Å²) in [5.74, 6) is 0. The normalized spacial score (nSPS) is 16.6.